The van der Waals surface area contributed by atoms with Crippen molar-refractivity contribution in [2.75, 3.05) is 5.73 Å². The predicted molar refractivity (Wildman–Crippen MR) is 84.2 cm³/mol. The van der Waals surface area contributed by atoms with Crippen molar-refractivity contribution in [3.63, 3.8) is 0 Å². The molecule has 0 aliphatic rings. The molecule has 1 unspecified atom stereocenters. The van der Waals surface area contributed by atoms with Gasteiger partial charge in [0.2, 0.25) is 0 Å². The van der Waals surface area contributed by atoms with Crippen LogP contribution in [0.3, 0.4) is 0 Å². The summed E-state index contributed by atoms with van der Waals surface area (Å²) in [4.78, 5) is 21.2. The number of thiophene rings is 1. The maximum atomic E-state index is 12.4. The quantitative estimate of drug-likeness (QED) is 0.779. The second kappa shape index (κ2) is 5.49. The lowest BCUT2D eigenvalue weighted by Gasteiger charge is -2.13. The van der Waals surface area contributed by atoms with Crippen molar-refractivity contribution >= 4 is 33.1 Å². The zero-order valence-corrected chi connectivity index (χ0v) is 12.2. The number of nitrogens with zero attached hydrogens (tertiary/aromatic N) is 2. The number of hydrogen-bond donors (Lipinski definition) is 2. The first-order valence-corrected chi connectivity index (χ1v) is 7.32. The van der Waals surface area contributed by atoms with E-state index in [0.717, 1.165) is 10.3 Å². The van der Waals surface area contributed by atoms with Crippen LogP contribution >= 0.6 is 11.3 Å². The van der Waals surface area contributed by atoms with Gasteiger partial charge in [-0.1, -0.05) is 6.07 Å². The number of anilines is 1. The van der Waals surface area contributed by atoms with Crippen LogP contribution in [0.25, 0.3) is 10.2 Å². The molecule has 0 fully saturated rings. The fraction of sp³-hybridized carbons (Fsp3) is 0.133. The third-order valence-corrected chi connectivity index (χ3v) is 4.38. The summed E-state index contributed by atoms with van der Waals surface area (Å²) in [5.74, 6) is -0.188. The average molecular weight is 298 g/mol. The number of rotatable bonds is 3. The number of fused-ring (bicyclic) bond motifs is 1. The Labute approximate surface area is 125 Å². The van der Waals surface area contributed by atoms with E-state index in [1.807, 2.05) is 31.2 Å². The third-order valence-electron chi connectivity index (χ3n) is 3.22. The smallest absolute Gasteiger partial charge is 0.264 e. The molecule has 3 aromatic heterocycles. The summed E-state index contributed by atoms with van der Waals surface area (Å²) in [5, 5.41) is 2.94. The van der Waals surface area contributed by atoms with E-state index in [0.29, 0.717) is 16.1 Å². The van der Waals surface area contributed by atoms with Crippen LogP contribution in [0.15, 0.2) is 42.9 Å². The highest BCUT2D eigenvalue weighted by molar-refractivity contribution is 7.21. The van der Waals surface area contributed by atoms with Crippen LogP contribution in [-0.4, -0.2) is 15.9 Å². The van der Waals surface area contributed by atoms with E-state index in [2.05, 4.69) is 15.3 Å². The molecule has 5 nitrogen and oxygen atoms in total. The Bertz CT molecular complexity index is 785. The molecule has 3 rings (SSSR count). The van der Waals surface area contributed by atoms with E-state index >= 15 is 0 Å². The van der Waals surface area contributed by atoms with Crippen LogP contribution in [0.1, 0.15) is 28.2 Å². The van der Waals surface area contributed by atoms with Gasteiger partial charge in [-0.3, -0.25) is 14.8 Å². The lowest BCUT2D eigenvalue weighted by molar-refractivity contribution is 0.0945. The molecule has 0 bridgehead atoms. The van der Waals surface area contributed by atoms with Crippen LogP contribution in [-0.2, 0) is 0 Å². The number of carbonyl (C=O) groups excluding carboxylic acids is 1. The Morgan fingerprint density at radius 2 is 2.14 bits per heavy atom. The fourth-order valence-electron chi connectivity index (χ4n) is 2.09. The Kier molecular flexibility index (Phi) is 3.53. The first-order valence-electron chi connectivity index (χ1n) is 6.50. The van der Waals surface area contributed by atoms with Crippen LogP contribution in [0, 0.1) is 0 Å². The van der Waals surface area contributed by atoms with E-state index < -0.39 is 0 Å². The highest BCUT2D eigenvalue weighted by Gasteiger charge is 2.19. The first-order chi connectivity index (χ1) is 10.2. The Hall–Kier alpha value is -2.47. The van der Waals surface area contributed by atoms with Gasteiger partial charge in [-0.15, -0.1) is 11.3 Å². The minimum atomic E-state index is -0.188. The Morgan fingerprint density at radius 3 is 2.86 bits per heavy atom. The molecular formula is C15H14N4OS. The minimum absolute atomic E-state index is 0.135. The van der Waals surface area contributed by atoms with Crippen LogP contribution < -0.4 is 11.1 Å². The summed E-state index contributed by atoms with van der Waals surface area (Å²) in [6.07, 6.45) is 5.11. The van der Waals surface area contributed by atoms with Crippen molar-refractivity contribution in [3.8, 4) is 0 Å². The second-order valence-corrected chi connectivity index (χ2v) is 5.73. The van der Waals surface area contributed by atoms with Gasteiger partial charge in [-0.25, -0.2) is 0 Å². The molecule has 0 aliphatic heterocycles. The van der Waals surface area contributed by atoms with Gasteiger partial charge in [0, 0.05) is 18.6 Å². The number of pyridine rings is 2. The minimum Gasteiger partial charge on any atom is -0.396 e. The summed E-state index contributed by atoms with van der Waals surface area (Å²) in [7, 11) is 0. The first kappa shape index (κ1) is 13.5. The van der Waals surface area contributed by atoms with Gasteiger partial charge in [0.15, 0.2) is 0 Å². The van der Waals surface area contributed by atoms with Crippen molar-refractivity contribution in [2.24, 2.45) is 0 Å². The van der Waals surface area contributed by atoms with Crippen molar-refractivity contribution in [2.45, 2.75) is 13.0 Å². The van der Waals surface area contributed by atoms with E-state index in [9.17, 15) is 4.79 Å². The maximum absolute atomic E-state index is 12.4. The fourth-order valence-corrected chi connectivity index (χ4v) is 3.08. The molecule has 3 aromatic rings. The Morgan fingerprint density at radius 1 is 1.33 bits per heavy atom. The largest absolute Gasteiger partial charge is 0.396 e. The average Bonchev–Trinajstić information content (AvgIpc) is 2.86. The van der Waals surface area contributed by atoms with E-state index in [-0.39, 0.29) is 11.9 Å². The number of nitrogens with two attached hydrogens (primary N) is 1. The highest BCUT2D eigenvalue weighted by atomic mass is 32.1. The SMILES string of the molecule is CC(NC(=O)c1sc2cccnc2c1N)c1cccnc1. The standard InChI is InChI=1S/C15H14N4OS/c1-9(10-4-2-6-17-8-10)19-15(20)14-12(16)13-11(21-14)5-3-7-18-13/h2-9H,16H2,1H3,(H,19,20). The predicted octanol–water partition coefficient (Wildman–Crippen LogP) is 2.76. The molecule has 21 heavy (non-hydrogen) atoms. The molecule has 0 aliphatic carbocycles. The van der Waals surface area contributed by atoms with Gasteiger partial charge in [-0.2, -0.15) is 0 Å². The molecule has 0 radical (unpaired) electrons. The molecule has 6 heteroatoms. The number of aromatic nitrogens is 2. The van der Waals surface area contributed by atoms with Crippen molar-refractivity contribution in [3.05, 3.63) is 53.3 Å². The molecule has 3 heterocycles. The molecule has 106 valence electrons. The Balaban J connectivity index is 1.86. The molecule has 1 atom stereocenters. The normalized spacial score (nSPS) is 12.2. The van der Waals surface area contributed by atoms with Crippen molar-refractivity contribution < 1.29 is 4.79 Å². The van der Waals surface area contributed by atoms with E-state index in [1.54, 1.807) is 18.6 Å². The summed E-state index contributed by atoms with van der Waals surface area (Å²) >= 11 is 1.35. The monoisotopic (exact) mass is 298 g/mol. The van der Waals surface area contributed by atoms with Gasteiger partial charge < -0.3 is 11.1 Å². The maximum Gasteiger partial charge on any atom is 0.264 e. The topological polar surface area (TPSA) is 80.9 Å². The lowest BCUT2D eigenvalue weighted by atomic mass is 10.1. The molecule has 0 aromatic carbocycles. The molecule has 1 amide bonds. The summed E-state index contributed by atoms with van der Waals surface area (Å²) < 4.78 is 0.911. The number of nitrogens with one attached hydrogen (secondary N) is 1. The zero-order valence-electron chi connectivity index (χ0n) is 11.4. The third kappa shape index (κ3) is 2.57. The van der Waals surface area contributed by atoms with Gasteiger partial charge in [0.25, 0.3) is 5.91 Å². The number of amides is 1. The number of nitrogen functional groups attached to an aromatic ring is 1. The van der Waals surface area contributed by atoms with E-state index in [1.165, 1.54) is 11.3 Å². The van der Waals surface area contributed by atoms with Crippen molar-refractivity contribution in [1.82, 2.24) is 15.3 Å². The van der Waals surface area contributed by atoms with Gasteiger partial charge in [-0.05, 0) is 30.7 Å². The van der Waals surface area contributed by atoms with Crippen LogP contribution in [0.5, 0.6) is 0 Å². The summed E-state index contributed by atoms with van der Waals surface area (Å²) in [6.45, 7) is 1.91. The number of carbonyl (C=O) groups is 1. The number of hydrogen-bond acceptors (Lipinski definition) is 5. The summed E-state index contributed by atoms with van der Waals surface area (Å²) in [6, 6.07) is 7.37. The highest BCUT2D eigenvalue weighted by Crippen LogP contribution is 2.32. The molecular weight excluding hydrogens is 284 g/mol. The van der Waals surface area contributed by atoms with Crippen LogP contribution in [0.2, 0.25) is 0 Å². The van der Waals surface area contributed by atoms with E-state index in [4.69, 9.17) is 5.73 Å². The van der Waals surface area contributed by atoms with Gasteiger partial charge in [0.05, 0.1) is 16.4 Å². The molecule has 0 saturated heterocycles. The summed E-state index contributed by atoms with van der Waals surface area (Å²) in [5.41, 5.74) is 8.10. The van der Waals surface area contributed by atoms with Gasteiger partial charge >= 0.3 is 0 Å². The second-order valence-electron chi connectivity index (χ2n) is 4.68. The van der Waals surface area contributed by atoms with Crippen LogP contribution in [0.4, 0.5) is 5.69 Å². The van der Waals surface area contributed by atoms with Crippen molar-refractivity contribution in [1.29, 1.82) is 0 Å². The molecule has 3 N–H and O–H groups in total. The molecule has 0 saturated carbocycles. The zero-order chi connectivity index (χ0) is 14.8. The van der Waals surface area contributed by atoms with Gasteiger partial charge in [0.1, 0.15) is 10.4 Å². The lowest BCUT2D eigenvalue weighted by Crippen LogP contribution is -2.26. The molecule has 0 spiro atoms.